The highest BCUT2D eigenvalue weighted by Gasteiger charge is 2.15. The van der Waals surface area contributed by atoms with Crippen LogP contribution in [-0.4, -0.2) is 10.8 Å². The molecule has 0 aliphatic rings. The maximum Gasteiger partial charge on any atom is 0.115 e. The van der Waals surface area contributed by atoms with Crippen molar-refractivity contribution in [2.45, 2.75) is 6.67 Å². The van der Waals surface area contributed by atoms with Crippen molar-refractivity contribution in [2.24, 2.45) is 4.99 Å². The molecule has 0 amide bonds. The molecule has 2 nitrogen and oxygen atoms in total. The summed E-state index contributed by atoms with van der Waals surface area (Å²) in [6, 6.07) is 32.2. The van der Waals surface area contributed by atoms with Crippen LogP contribution in [0.15, 0.2) is 96.0 Å². The lowest BCUT2D eigenvalue weighted by molar-refractivity contribution is 0.798. The predicted octanol–water partition coefficient (Wildman–Crippen LogP) is 7.24. The molecule has 6 rings (SSSR count). The van der Waals surface area contributed by atoms with Gasteiger partial charge in [-0.05, 0) is 17.7 Å². The fraction of sp³-hybridized carbons (Fsp3) is 0.0385. The number of hydrogen-bond donors (Lipinski definition) is 0. The van der Waals surface area contributed by atoms with E-state index in [9.17, 15) is 0 Å². The lowest BCUT2D eigenvalue weighted by Crippen LogP contribution is -1.96. The quantitative estimate of drug-likeness (QED) is 0.283. The average molecular weight is 391 g/mol. The van der Waals surface area contributed by atoms with Gasteiger partial charge in [0.2, 0.25) is 0 Å². The molecule has 138 valence electrons. The molecule has 6 aromatic rings. The van der Waals surface area contributed by atoms with Crippen LogP contribution in [0.25, 0.3) is 42.0 Å². The second-order valence-corrected chi connectivity index (χ2v) is 8.30. The molecule has 0 saturated carbocycles. The molecule has 0 radical (unpaired) electrons. The summed E-state index contributed by atoms with van der Waals surface area (Å²) in [7, 11) is 0. The molecule has 0 bridgehead atoms. The highest BCUT2D eigenvalue weighted by Crippen LogP contribution is 2.41. The third-order valence-electron chi connectivity index (χ3n) is 5.54. The summed E-state index contributed by atoms with van der Waals surface area (Å²) in [6.45, 7) is 0.603. The molecule has 2 heterocycles. The first-order chi connectivity index (χ1) is 14.4. The van der Waals surface area contributed by atoms with Gasteiger partial charge in [-0.15, -0.1) is 11.3 Å². The molecular formula is C26H18N2S. The molecule has 29 heavy (non-hydrogen) atoms. The molecule has 0 atom stereocenters. The van der Waals surface area contributed by atoms with Gasteiger partial charge in [-0.25, -0.2) is 0 Å². The van der Waals surface area contributed by atoms with E-state index in [0.29, 0.717) is 6.67 Å². The van der Waals surface area contributed by atoms with E-state index in [4.69, 9.17) is 4.99 Å². The molecule has 0 saturated heterocycles. The largest absolute Gasteiger partial charge is 0.319 e. The number of hydrogen-bond acceptors (Lipinski definition) is 2. The topological polar surface area (TPSA) is 17.3 Å². The van der Waals surface area contributed by atoms with Gasteiger partial charge in [0.1, 0.15) is 6.67 Å². The lowest BCUT2D eigenvalue weighted by atomic mass is 10.1. The number of para-hydroxylation sites is 1. The standard InChI is InChI=1S/C26H18N2S/c1-2-8-18(9-3-1)16-27-17-28-23-12-6-4-10-19(23)21-14-15-22-20-11-5-7-13-24(20)29-26(22)25(21)28/h1-16H,17H2/b27-16+. The first-order valence-electron chi connectivity index (χ1n) is 9.76. The van der Waals surface area contributed by atoms with Crippen LogP contribution in [-0.2, 0) is 6.67 Å². The second-order valence-electron chi connectivity index (χ2n) is 7.25. The fourth-order valence-electron chi connectivity index (χ4n) is 4.23. The van der Waals surface area contributed by atoms with E-state index >= 15 is 0 Å². The van der Waals surface area contributed by atoms with Gasteiger partial charge in [0.05, 0.1) is 15.7 Å². The maximum atomic E-state index is 4.79. The lowest BCUT2D eigenvalue weighted by Gasteiger charge is -2.05. The average Bonchev–Trinajstić information content (AvgIpc) is 3.31. The Morgan fingerprint density at radius 3 is 2.31 bits per heavy atom. The van der Waals surface area contributed by atoms with Crippen molar-refractivity contribution in [3.8, 4) is 0 Å². The van der Waals surface area contributed by atoms with Gasteiger partial charge in [0.15, 0.2) is 0 Å². The number of thiophene rings is 1. The summed E-state index contributed by atoms with van der Waals surface area (Å²) < 4.78 is 5.04. The van der Waals surface area contributed by atoms with Crippen LogP contribution in [0.4, 0.5) is 0 Å². The monoisotopic (exact) mass is 390 g/mol. The van der Waals surface area contributed by atoms with Crippen molar-refractivity contribution < 1.29 is 0 Å². The molecule has 0 unspecified atom stereocenters. The van der Waals surface area contributed by atoms with Crippen LogP contribution in [0.2, 0.25) is 0 Å². The number of nitrogens with zero attached hydrogens (tertiary/aromatic N) is 2. The Hall–Kier alpha value is -3.43. The van der Waals surface area contributed by atoms with Crippen LogP contribution < -0.4 is 0 Å². The van der Waals surface area contributed by atoms with Crippen LogP contribution >= 0.6 is 11.3 Å². The van der Waals surface area contributed by atoms with E-state index in [1.807, 2.05) is 35.8 Å². The maximum absolute atomic E-state index is 4.79. The van der Waals surface area contributed by atoms with Gasteiger partial charge in [0, 0.05) is 32.5 Å². The third kappa shape index (κ3) is 2.59. The zero-order chi connectivity index (χ0) is 19.2. The molecule has 4 aromatic carbocycles. The Morgan fingerprint density at radius 2 is 1.41 bits per heavy atom. The van der Waals surface area contributed by atoms with Gasteiger partial charge in [0.25, 0.3) is 0 Å². The third-order valence-corrected chi connectivity index (χ3v) is 6.73. The minimum atomic E-state index is 0.603. The van der Waals surface area contributed by atoms with Crippen LogP contribution in [0, 0.1) is 0 Å². The fourth-order valence-corrected chi connectivity index (χ4v) is 5.49. The Labute approximate surface area is 172 Å². The first-order valence-corrected chi connectivity index (χ1v) is 10.6. The van der Waals surface area contributed by atoms with Crippen molar-refractivity contribution in [2.75, 3.05) is 0 Å². The Bertz CT molecular complexity index is 1520. The summed E-state index contributed by atoms with van der Waals surface area (Å²) >= 11 is 1.88. The summed E-state index contributed by atoms with van der Waals surface area (Å²) in [4.78, 5) is 4.79. The zero-order valence-corrected chi connectivity index (χ0v) is 16.6. The van der Waals surface area contributed by atoms with E-state index < -0.39 is 0 Å². The minimum absolute atomic E-state index is 0.603. The smallest absolute Gasteiger partial charge is 0.115 e. The van der Waals surface area contributed by atoms with Gasteiger partial charge in [-0.3, -0.25) is 4.99 Å². The summed E-state index contributed by atoms with van der Waals surface area (Å²) in [6.07, 6.45) is 1.96. The highest BCUT2D eigenvalue weighted by molar-refractivity contribution is 7.26. The predicted molar refractivity (Wildman–Crippen MR) is 126 cm³/mol. The second kappa shape index (κ2) is 6.57. The SMILES string of the molecule is C(=N\Cn1c2ccccc2c2ccc3c4ccccc4sc3c21)/c1ccccc1. The van der Waals surface area contributed by atoms with Crippen molar-refractivity contribution in [3.05, 3.63) is 96.6 Å². The van der Waals surface area contributed by atoms with Crippen LogP contribution in [0.1, 0.15) is 5.56 Å². The van der Waals surface area contributed by atoms with Crippen molar-refractivity contribution in [1.82, 2.24) is 4.57 Å². The van der Waals surface area contributed by atoms with E-state index in [-0.39, 0.29) is 0 Å². The molecule has 0 fully saturated rings. The van der Waals surface area contributed by atoms with E-state index in [2.05, 4.69) is 77.4 Å². The number of fused-ring (bicyclic) bond motifs is 7. The van der Waals surface area contributed by atoms with Gasteiger partial charge in [-0.1, -0.05) is 78.9 Å². The molecule has 2 aromatic heterocycles. The molecule has 0 aliphatic heterocycles. The number of benzene rings is 4. The normalized spacial score (nSPS) is 12.1. The zero-order valence-electron chi connectivity index (χ0n) is 15.7. The Kier molecular flexibility index (Phi) is 3.74. The molecule has 0 aliphatic carbocycles. The summed E-state index contributed by atoms with van der Waals surface area (Å²) in [5.41, 5.74) is 3.65. The highest BCUT2D eigenvalue weighted by atomic mass is 32.1. The molecule has 0 N–H and O–H groups in total. The van der Waals surface area contributed by atoms with Gasteiger partial charge in [-0.2, -0.15) is 0 Å². The molecule has 0 spiro atoms. The van der Waals surface area contributed by atoms with Crippen LogP contribution in [0.5, 0.6) is 0 Å². The number of aromatic nitrogens is 1. The molecule has 3 heteroatoms. The van der Waals surface area contributed by atoms with E-state index in [1.165, 1.54) is 42.0 Å². The van der Waals surface area contributed by atoms with Crippen molar-refractivity contribution in [1.29, 1.82) is 0 Å². The van der Waals surface area contributed by atoms with Gasteiger partial charge < -0.3 is 4.57 Å². The minimum Gasteiger partial charge on any atom is -0.319 e. The van der Waals surface area contributed by atoms with Gasteiger partial charge >= 0.3 is 0 Å². The number of aliphatic imine (C=N–C) groups is 1. The van der Waals surface area contributed by atoms with E-state index in [0.717, 1.165) is 5.56 Å². The van der Waals surface area contributed by atoms with Crippen molar-refractivity contribution >= 4 is 59.5 Å². The Morgan fingerprint density at radius 1 is 0.690 bits per heavy atom. The summed E-state index contributed by atoms with van der Waals surface area (Å²) in [5.74, 6) is 0. The number of rotatable bonds is 3. The Balaban J connectivity index is 1.63. The van der Waals surface area contributed by atoms with Crippen molar-refractivity contribution in [3.63, 3.8) is 0 Å². The first kappa shape index (κ1) is 16.5. The summed E-state index contributed by atoms with van der Waals surface area (Å²) in [5, 5.41) is 5.25. The van der Waals surface area contributed by atoms with Crippen LogP contribution in [0.3, 0.4) is 0 Å². The van der Waals surface area contributed by atoms with E-state index in [1.54, 1.807) is 0 Å². The molecular weight excluding hydrogens is 372 g/mol.